The SMILES string of the molecule is CN=C(NCc1cccc(F)c1)NCc1cccnc1N1CCOCC1.I. The summed E-state index contributed by atoms with van der Waals surface area (Å²) in [5.74, 6) is 1.40. The Hall–Kier alpha value is -1.94. The standard InChI is InChI=1S/C19H24FN5O.HI/c1-21-19(23-13-15-4-2-6-17(20)12-15)24-14-16-5-3-7-22-18(16)25-8-10-26-11-9-25;/h2-7,12H,8-11,13-14H2,1H3,(H2,21,23,24);1H. The summed E-state index contributed by atoms with van der Waals surface area (Å²) in [7, 11) is 1.72. The van der Waals surface area contributed by atoms with Crippen molar-refractivity contribution in [2.24, 2.45) is 4.99 Å². The van der Waals surface area contributed by atoms with Gasteiger partial charge in [-0.2, -0.15) is 0 Å². The third-order valence-corrected chi connectivity index (χ3v) is 4.20. The molecule has 1 fully saturated rings. The van der Waals surface area contributed by atoms with Gasteiger partial charge >= 0.3 is 0 Å². The summed E-state index contributed by atoms with van der Waals surface area (Å²) >= 11 is 0. The number of ether oxygens (including phenoxy) is 1. The number of aliphatic imine (C=N–C) groups is 1. The van der Waals surface area contributed by atoms with Gasteiger partial charge in [0.2, 0.25) is 0 Å². The van der Waals surface area contributed by atoms with Crippen molar-refractivity contribution in [3.8, 4) is 0 Å². The smallest absolute Gasteiger partial charge is 0.191 e. The minimum absolute atomic E-state index is 0. The van der Waals surface area contributed by atoms with Crippen molar-refractivity contribution in [3.63, 3.8) is 0 Å². The molecule has 6 nitrogen and oxygen atoms in total. The average Bonchev–Trinajstić information content (AvgIpc) is 2.69. The molecule has 2 aromatic rings. The fourth-order valence-corrected chi connectivity index (χ4v) is 2.86. The summed E-state index contributed by atoms with van der Waals surface area (Å²) < 4.78 is 18.7. The predicted octanol–water partition coefficient (Wildman–Crippen LogP) is 2.54. The number of anilines is 1. The maximum Gasteiger partial charge on any atom is 0.191 e. The van der Waals surface area contributed by atoms with E-state index in [1.165, 1.54) is 12.1 Å². The molecule has 2 heterocycles. The first-order chi connectivity index (χ1) is 12.8. The topological polar surface area (TPSA) is 61.8 Å². The molecule has 0 saturated carbocycles. The predicted molar refractivity (Wildman–Crippen MR) is 116 cm³/mol. The molecule has 1 saturated heterocycles. The van der Waals surface area contributed by atoms with Gasteiger partial charge in [0.25, 0.3) is 0 Å². The van der Waals surface area contributed by atoms with Gasteiger partial charge in [-0.1, -0.05) is 18.2 Å². The van der Waals surface area contributed by atoms with Crippen LogP contribution in [0.2, 0.25) is 0 Å². The number of nitrogens with one attached hydrogen (secondary N) is 2. The third-order valence-electron chi connectivity index (χ3n) is 4.20. The Labute approximate surface area is 176 Å². The van der Waals surface area contributed by atoms with E-state index in [4.69, 9.17) is 4.74 Å². The number of rotatable bonds is 5. The summed E-state index contributed by atoms with van der Waals surface area (Å²) in [6.07, 6.45) is 1.81. The van der Waals surface area contributed by atoms with Gasteiger partial charge in [-0.25, -0.2) is 9.37 Å². The molecule has 0 aliphatic carbocycles. The van der Waals surface area contributed by atoms with Crippen LogP contribution in [0.15, 0.2) is 47.6 Å². The number of nitrogens with zero attached hydrogens (tertiary/aromatic N) is 3. The normalized spacial score (nSPS) is 14.4. The molecule has 3 rings (SSSR count). The third kappa shape index (κ3) is 6.31. The highest BCUT2D eigenvalue weighted by Gasteiger charge is 2.15. The zero-order chi connectivity index (χ0) is 18.2. The quantitative estimate of drug-likeness (QED) is 0.388. The molecule has 1 aliphatic heterocycles. The monoisotopic (exact) mass is 485 g/mol. The van der Waals surface area contributed by atoms with Crippen LogP contribution in [0.25, 0.3) is 0 Å². The highest BCUT2D eigenvalue weighted by Crippen LogP contribution is 2.18. The van der Waals surface area contributed by atoms with Crippen LogP contribution in [0.1, 0.15) is 11.1 Å². The number of benzene rings is 1. The number of pyridine rings is 1. The van der Waals surface area contributed by atoms with Crippen LogP contribution in [0, 0.1) is 5.82 Å². The largest absolute Gasteiger partial charge is 0.378 e. The molecule has 1 aromatic heterocycles. The molecule has 0 radical (unpaired) electrons. The number of aromatic nitrogens is 1. The Kier molecular flexibility index (Phi) is 8.73. The lowest BCUT2D eigenvalue weighted by atomic mass is 10.2. The van der Waals surface area contributed by atoms with E-state index in [0.29, 0.717) is 19.0 Å². The zero-order valence-corrected chi connectivity index (χ0v) is 17.7. The lowest BCUT2D eigenvalue weighted by Gasteiger charge is -2.29. The van der Waals surface area contributed by atoms with Crippen molar-refractivity contribution < 1.29 is 9.13 Å². The summed E-state index contributed by atoms with van der Waals surface area (Å²) in [4.78, 5) is 11.0. The molecule has 0 amide bonds. The molecule has 0 atom stereocenters. The Morgan fingerprint density at radius 2 is 1.96 bits per heavy atom. The van der Waals surface area contributed by atoms with E-state index in [9.17, 15) is 4.39 Å². The highest BCUT2D eigenvalue weighted by molar-refractivity contribution is 14.0. The molecular weight excluding hydrogens is 460 g/mol. The second-order valence-corrected chi connectivity index (χ2v) is 5.99. The maximum atomic E-state index is 13.3. The molecule has 27 heavy (non-hydrogen) atoms. The van der Waals surface area contributed by atoms with E-state index in [1.807, 2.05) is 18.3 Å². The first-order valence-corrected chi connectivity index (χ1v) is 8.72. The van der Waals surface area contributed by atoms with Crippen molar-refractivity contribution in [1.82, 2.24) is 15.6 Å². The molecule has 1 aromatic carbocycles. The van der Waals surface area contributed by atoms with Crippen LogP contribution in [-0.4, -0.2) is 44.3 Å². The molecule has 0 unspecified atom stereocenters. The van der Waals surface area contributed by atoms with Crippen LogP contribution in [0.5, 0.6) is 0 Å². The second kappa shape index (κ2) is 11.0. The van der Waals surface area contributed by atoms with Gasteiger partial charge in [-0.15, -0.1) is 24.0 Å². The van der Waals surface area contributed by atoms with E-state index in [2.05, 4.69) is 31.6 Å². The lowest BCUT2D eigenvalue weighted by Crippen LogP contribution is -2.39. The molecule has 2 N–H and O–H groups in total. The first-order valence-electron chi connectivity index (χ1n) is 8.72. The Balaban J connectivity index is 0.00000261. The van der Waals surface area contributed by atoms with E-state index < -0.39 is 0 Å². The summed E-state index contributed by atoms with van der Waals surface area (Å²) in [5, 5.41) is 6.50. The minimum Gasteiger partial charge on any atom is -0.378 e. The molecule has 0 spiro atoms. The van der Waals surface area contributed by atoms with Crippen molar-refractivity contribution in [2.75, 3.05) is 38.3 Å². The van der Waals surface area contributed by atoms with Gasteiger partial charge in [-0.05, 0) is 23.8 Å². The van der Waals surface area contributed by atoms with Crippen molar-refractivity contribution in [3.05, 3.63) is 59.5 Å². The van der Waals surface area contributed by atoms with E-state index in [-0.39, 0.29) is 29.8 Å². The molecule has 146 valence electrons. The number of morpholine rings is 1. The van der Waals surface area contributed by atoms with Crippen molar-refractivity contribution in [1.29, 1.82) is 0 Å². The maximum absolute atomic E-state index is 13.3. The number of hydrogen-bond acceptors (Lipinski definition) is 4. The van der Waals surface area contributed by atoms with Gasteiger partial charge in [0.05, 0.1) is 13.2 Å². The zero-order valence-electron chi connectivity index (χ0n) is 15.3. The van der Waals surface area contributed by atoms with Crippen LogP contribution >= 0.6 is 24.0 Å². The van der Waals surface area contributed by atoms with Crippen molar-refractivity contribution in [2.45, 2.75) is 13.1 Å². The highest BCUT2D eigenvalue weighted by atomic mass is 127. The first kappa shape index (κ1) is 21.4. The molecule has 8 heteroatoms. The average molecular weight is 485 g/mol. The Morgan fingerprint density at radius 3 is 2.70 bits per heavy atom. The molecule has 0 bridgehead atoms. The van der Waals surface area contributed by atoms with Gasteiger partial charge < -0.3 is 20.3 Å². The van der Waals surface area contributed by atoms with E-state index in [0.717, 1.165) is 43.2 Å². The summed E-state index contributed by atoms with van der Waals surface area (Å²) in [6.45, 7) is 4.23. The van der Waals surface area contributed by atoms with E-state index >= 15 is 0 Å². The van der Waals surface area contributed by atoms with Crippen molar-refractivity contribution >= 4 is 35.8 Å². The number of hydrogen-bond donors (Lipinski definition) is 2. The second-order valence-electron chi connectivity index (χ2n) is 5.99. The minimum atomic E-state index is -0.238. The van der Waals surface area contributed by atoms with E-state index in [1.54, 1.807) is 13.1 Å². The summed E-state index contributed by atoms with van der Waals surface area (Å²) in [5.41, 5.74) is 1.96. The van der Waals surface area contributed by atoms with Gasteiger partial charge in [-0.3, -0.25) is 4.99 Å². The molecule has 1 aliphatic rings. The van der Waals surface area contributed by atoms with Crippen LogP contribution in [0.3, 0.4) is 0 Å². The van der Waals surface area contributed by atoms with Gasteiger partial charge in [0, 0.05) is 45.0 Å². The van der Waals surface area contributed by atoms with Gasteiger partial charge in [0.15, 0.2) is 5.96 Å². The van der Waals surface area contributed by atoms with Crippen LogP contribution in [-0.2, 0) is 17.8 Å². The number of halogens is 2. The fourth-order valence-electron chi connectivity index (χ4n) is 2.86. The van der Waals surface area contributed by atoms with Gasteiger partial charge in [0.1, 0.15) is 11.6 Å². The Morgan fingerprint density at radius 1 is 1.19 bits per heavy atom. The molecular formula is C19H25FIN5O. The lowest BCUT2D eigenvalue weighted by molar-refractivity contribution is 0.122. The van der Waals surface area contributed by atoms with Crippen LogP contribution in [0.4, 0.5) is 10.2 Å². The Bertz CT molecular complexity index is 752. The van der Waals surface area contributed by atoms with Crippen LogP contribution < -0.4 is 15.5 Å². The number of guanidine groups is 1. The fraction of sp³-hybridized carbons (Fsp3) is 0.368. The summed E-state index contributed by atoms with van der Waals surface area (Å²) in [6, 6.07) is 10.5.